The van der Waals surface area contributed by atoms with Gasteiger partial charge in [0.25, 0.3) is 0 Å². The number of nitrogens with one attached hydrogen (secondary N) is 1. The Bertz CT molecular complexity index is 524. The van der Waals surface area contributed by atoms with Crippen molar-refractivity contribution in [1.29, 1.82) is 0 Å². The maximum Gasteiger partial charge on any atom is 0.240 e. The van der Waals surface area contributed by atoms with Gasteiger partial charge in [-0.05, 0) is 49.8 Å². The van der Waals surface area contributed by atoms with Crippen molar-refractivity contribution in [1.82, 2.24) is 10.2 Å². The molecule has 134 valence electrons. The Morgan fingerprint density at radius 3 is 2.62 bits per heavy atom. The Hall–Kier alpha value is -1.39. The van der Waals surface area contributed by atoms with E-state index in [1.165, 1.54) is 31.5 Å². The van der Waals surface area contributed by atoms with Crippen LogP contribution in [0.3, 0.4) is 0 Å². The predicted octanol–water partition coefficient (Wildman–Crippen LogP) is 3.05. The summed E-state index contributed by atoms with van der Waals surface area (Å²) in [4.78, 5) is 14.7. The van der Waals surface area contributed by atoms with Crippen molar-refractivity contribution in [2.24, 2.45) is 11.7 Å². The number of likely N-dealkylation sites (tertiary alicyclic amines) is 1. The standard InChI is InChI=1S/C20H33N3O/c1-4-11-20(3,21)19(24)22-13-17-7-9-18(10-8-17)15-23-12-5-6-16(2)14-23/h7-10,16H,4-6,11-15,21H2,1-3H3,(H,22,24). The molecule has 1 aliphatic heterocycles. The van der Waals surface area contributed by atoms with Crippen LogP contribution < -0.4 is 11.1 Å². The van der Waals surface area contributed by atoms with Crippen LogP contribution in [0.5, 0.6) is 0 Å². The molecule has 4 nitrogen and oxygen atoms in total. The molecule has 24 heavy (non-hydrogen) atoms. The summed E-state index contributed by atoms with van der Waals surface area (Å²) in [6.07, 6.45) is 4.27. The van der Waals surface area contributed by atoms with Crippen molar-refractivity contribution >= 4 is 5.91 Å². The van der Waals surface area contributed by atoms with Crippen LogP contribution in [0.15, 0.2) is 24.3 Å². The second kappa shape index (κ2) is 8.63. The van der Waals surface area contributed by atoms with Crippen molar-refractivity contribution in [3.8, 4) is 0 Å². The second-order valence-electron chi connectivity index (χ2n) is 7.65. The molecule has 0 saturated carbocycles. The molecule has 0 aliphatic carbocycles. The van der Waals surface area contributed by atoms with Crippen LogP contribution in [0.1, 0.15) is 57.6 Å². The fraction of sp³-hybridized carbons (Fsp3) is 0.650. The molecule has 0 radical (unpaired) electrons. The Morgan fingerprint density at radius 1 is 1.33 bits per heavy atom. The lowest BCUT2D eigenvalue weighted by Crippen LogP contribution is -2.51. The minimum Gasteiger partial charge on any atom is -0.350 e. The third-order valence-electron chi connectivity index (χ3n) is 4.91. The normalized spacial score (nSPS) is 21.2. The smallest absolute Gasteiger partial charge is 0.240 e. The molecule has 0 spiro atoms. The van der Waals surface area contributed by atoms with Crippen molar-refractivity contribution in [2.75, 3.05) is 13.1 Å². The summed E-state index contributed by atoms with van der Waals surface area (Å²) in [5, 5.41) is 2.96. The average Bonchev–Trinajstić information content (AvgIpc) is 2.54. The molecule has 1 aromatic carbocycles. The molecule has 2 unspecified atom stereocenters. The summed E-state index contributed by atoms with van der Waals surface area (Å²) in [5.74, 6) is 0.734. The van der Waals surface area contributed by atoms with E-state index in [2.05, 4.69) is 41.4 Å². The van der Waals surface area contributed by atoms with Gasteiger partial charge in [0.15, 0.2) is 0 Å². The van der Waals surface area contributed by atoms with Crippen LogP contribution >= 0.6 is 0 Å². The van der Waals surface area contributed by atoms with Gasteiger partial charge in [0.2, 0.25) is 5.91 Å². The van der Waals surface area contributed by atoms with E-state index in [-0.39, 0.29) is 5.91 Å². The van der Waals surface area contributed by atoms with E-state index in [1.54, 1.807) is 6.92 Å². The first-order chi connectivity index (χ1) is 11.4. The number of carbonyl (C=O) groups excluding carboxylic acids is 1. The van der Waals surface area contributed by atoms with Crippen LogP contribution in [0.4, 0.5) is 0 Å². The van der Waals surface area contributed by atoms with Crippen LogP contribution in [0.2, 0.25) is 0 Å². The van der Waals surface area contributed by atoms with Gasteiger partial charge in [0.1, 0.15) is 0 Å². The van der Waals surface area contributed by atoms with E-state index in [9.17, 15) is 4.79 Å². The van der Waals surface area contributed by atoms with E-state index >= 15 is 0 Å². The summed E-state index contributed by atoms with van der Waals surface area (Å²) < 4.78 is 0. The highest BCUT2D eigenvalue weighted by Gasteiger charge is 2.26. The molecule has 3 N–H and O–H groups in total. The molecular weight excluding hydrogens is 298 g/mol. The molecule has 2 rings (SSSR count). The van der Waals surface area contributed by atoms with Gasteiger partial charge in [0.05, 0.1) is 5.54 Å². The quantitative estimate of drug-likeness (QED) is 0.807. The van der Waals surface area contributed by atoms with Crippen LogP contribution in [0, 0.1) is 5.92 Å². The van der Waals surface area contributed by atoms with Crippen LogP contribution in [-0.4, -0.2) is 29.4 Å². The first kappa shape index (κ1) is 18.9. The Morgan fingerprint density at radius 2 is 2.00 bits per heavy atom. The lowest BCUT2D eigenvalue weighted by Gasteiger charge is -2.30. The summed E-state index contributed by atoms with van der Waals surface area (Å²) in [6.45, 7) is 10.1. The highest BCUT2D eigenvalue weighted by molar-refractivity contribution is 5.85. The van der Waals surface area contributed by atoms with Crippen LogP contribution in [0.25, 0.3) is 0 Å². The van der Waals surface area contributed by atoms with Gasteiger partial charge in [-0.2, -0.15) is 0 Å². The van der Waals surface area contributed by atoms with Crippen molar-refractivity contribution < 1.29 is 4.79 Å². The molecule has 1 aromatic rings. The minimum atomic E-state index is -0.778. The fourth-order valence-corrected chi connectivity index (χ4v) is 3.47. The fourth-order valence-electron chi connectivity index (χ4n) is 3.47. The second-order valence-corrected chi connectivity index (χ2v) is 7.65. The maximum absolute atomic E-state index is 12.1. The Kier molecular flexibility index (Phi) is 6.81. The third-order valence-corrected chi connectivity index (χ3v) is 4.91. The lowest BCUT2D eigenvalue weighted by molar-refractivity contribution is -0.126. The highest BCUT2D eigenvalue weighted by atomic mass is 16.2. The molecule has 1 fully saturated rings. The van der Waals surface area contributed by atoms with Gasteiger partial charge in [0, 0.05) is 19.6 Å². The molecule has 1 aliphatic rings. The summed E-state index contributed by atoms with van der Waals surface area (Å²) in [6, 6.07) is 8.57. The largest absolute Gasteiger partial charge is 0.350 e. The SMILES string of the molecule is CCCC(C)(N)C(=O)NCc1ccc(CN2CCCC(C)C2)cc1. The van der Waals surface area contributed by atoms with E-state index in [0.29, 0.717) is 13.0 Å². The number of nitrogens with two attached hydrogens (primary N) is 1. The van der Waals surface area contributed by atoms with Crippen LogP contribution in [-0.2, 0) is 17.9 Å². The molecule has 1 heterocycles. The topological polar surface area (TPSA) is 58.4 Å². The average molecular weight is 332 g/mol. The highest BCUT2D eigenvalue weighted by Crippen LogP contribution is 2.18. The molecule has 1 saturated heterocycles. The number of amides is 1. The van der Waals surface area contributed by atoms with Gasteiger partial charge in [-0.1, -0.05) is 44.5 Å². The zero-order chi connectivity index (χ0) is 17.6. The number of benzene rings is 1. The van der Waals surface area contributed by atoms with E-state index in [4.69, 9.17) is 5.73 Å². The Labute approximate surface area is 146 Å². The molecule has 4 heteroatoms. The monoisotopic (exact) mass is 331 g/mol. The zero-order valence-electron chi connectivity index (χ0n) is 15.5. The number of carbonyl (C=O) groups is 1. The molecular formula is C20H33N3O. The maximum atomic E-state index is 12.1. The van der Waals surface area contributed by atoms with Gasteiger partial charge in [-0.3, -0.25) is 9.69 Å². The molecule has 2 atom stereocenters. The van der Waals surface area contributed by atoms with E-state index < -0.39 is 5.54 Å². The number of rotatable bonds is 7. The Balaban J connectivity index is 1.82. The first-order valence-electron chi connectivity index (χ1n) is 9.28. The van der Waals surface area contributed by atoms with Gasteiger partial charge in [-0.15, -0.1) is 0 Å². The van der Waals surface area contributed by atoms with Crippen molar-refractivity contribution in [3.05, 3.63) is 35.4 Å². The minimum absolute atomic E-state index is 0.0734. The van der Waals surface area contributed by atoms with Gasteiger partial charge in [-0.25, -0.2) is 0 Å². The summed E-state index contributed by atoms with van der Waals surface area (Å²) in [5.41, 5.74) is 7.74. The zero-order valence-corrected chi connectivity index (χ0v) is 15.5. The molecule has 0 aromatic heterocycles. The molecule has 1 amide bonds. The summed E-state index contributed by atoms with van der Waals surface area (Å²) >= 11 is 0. The van der Waals surface area contributed by atoms with E-state index in [1.807, 2.05) is 6.92 Å². The van der Waals surface area contributed by atoms with E-state index in [0.717, 1.165) is 24.4 Å². The third kappa shape index (κ3) is 5.60. The van der Waals surface area contributed by atoms with Crippen molar-refractivity contribution in [2.45, 2.75) is 65.1 Å². The first-order valence-corrected chi connectivity index (χ1v) is 9.28. The van der Waals surface area contributed by atoms with Crippen molar-refractivity contribution in [3.63, 3.8) is 0 Å². The van der Waals surface area contributed by atoms with Gasteiger partial charge >= 0.3 is 0 Å². The number of nitrogens with zero attached hydrogens (tertiary/aromatic N) is 1. The lowest BCUT2D eigenvalue weighted by atomic mass is 9.96. The van der Waals surface area contributed by atoms with Gasteiger partial charge < -0.3 is 11.1 Å². The predicted molar refractivity (Wildman–Crippen MR) is 99.5 cm³/mol. The number of piperidine rings is 1. The number of hydrogen-bond donors (Lipinski definition) is 2. The summed E-state index contributed by atoms with van der Waals surface area (Å²) in [7, 11) is 0. The number of hydrogen-bond acceptors (Lipinski definition) is 3. The molecule has 0 bridgehead atoms.